The summed E-state index contributed by atoms with van der Waals surface area (Å²) in [4.78, 5) is 11.7. The van der Waals surface area contributed by atoms with Crippen molar-refractivity contribution in [3.8, 4) is 0 Å². The van der Waals surface area contributed by atoms with Crippen LogP contribution in [0.25, 0.3) is 0 Å². The number of aromatic nitrogens is 1. The van der Waals surface area contributed by atoms with Crippen LogP contribution < -0.4 is 9.88 Å². The lowest BCUT2D eigenvalue weighted by molar-refractivity contribution is -0.697. The molecule has 2 aromatic rings. The van der Waals surface area contributed by atoms with Gasteiger partial charge in [0.15, 0.2) is 12.4 Å². The molecule has 1 aromatic heterocycles. The third-order valence-electron chi connectivity index (χ3n) is 3.50. The van der Waals surface area contributed by atoms with E-state index >= 15 is 0 Å². The van der Waals surface area contributed by atoms with Gasteiger partial charge in [0.05, 0.1) is 0 Å². The van der Waals surface area contributed by atoms with Crippen molar-refractivity contribution >= 4 is 5.91 Å². The Hall–Kier alpha value is -2.23. The minimum atomic E-state index is -0.232. The molecule has 4 heteroatoms. The summed E-state index contributed by atoms with van der Waals surface area (Å²) in [6, 6.07) is 12.4. The van der Waals surface area contributed by atoms with Crippen LogP contribution in [-0.4, -0.2) is 12.5 Å². The molecule has 0 atom stereocenters. The van der Waals surface area contributed by atoms with E-state index in [4.69, 9.17) is 0 Å². The SMILES string of the molecule is O=C(CCCC[n+]1ccccc1)NCCc1ccc(F)cc1. The summed E-state index contributed by atoms with van der Waals surface area (Å²) in [5.41, 5.74) is 1.03. The fraction of sp³-hybridized carbons (Fsp3) is 0.333. The van der Waals surface area contributed by atoms with E-state index < -0.39 is 0 Å². The van der Waals surface area contributed by atoms with Gasteiger partial charge in [0.25, 0.3) is 0 Å². The summed E-state index contributed by atoms with van der Waals surface area (Å²) in [5.74, 6) is -0.149. The van der Waals surface area contributed by atoms with Gasteiger partial charge in [0.1, 0.15) is 12.4 Å². The molecule has 0 aliphatic heterocycles. The number of nitrogens with one attached hydrogen (secondary N) is 1. The summed E-state index contributed by atoms with van der Waals surface area (Å²) in [7, 11) is 0. The highest BCUT2D eigenvalue weighted by Gasteiger charge is 2.03. The van der Waals surface area contributed by atoms with Crippen molar-refractivity contribution in [2.75, 3.05) is 6.54 Å². The van der Waals surface area contributed by atoms with E-state index in [1.54, 1.807) is 12.1 Å². The van der Waals surface area contributed by atoms with Crippen LogP contribution in [0, 0.1) is 5.82 Å². The molecule has 0 unspecified atom stereocenters. The third kappa shape index (κ3) is 6.04. The standard InChI is InChI=1S/C18H21FN2O/c19-17-9-7-16(8-10-17)11-12-20-18(22)6-2-5-15-21-13-3-1-4-14-21/h1,3-4,7-10,13-14H,2,5-6,11-12,15H2/p+1. The van der Waals surface area contributed by atoms with E-state index in [9.17, 15) is 9.18 Å². The van der Waals surface area contributed by atoms with Crippen LogP contribution in [0.2, 0.25) is 0 Å². The van der Waals surface area contributed by atoms with Crippen LogP contribution in [-0.2, 0) is 17.8 Å². The number of carbonyl (C=O) groups excluding carboxylic acids is 1. The van der Waals surface area contributed by atoms with Gasteiger partial charge in [-0.1, -0.05) is 18.2 Å². The number of rotatable bonds is 8. The molecule has 0 fully saturated rings. The van der Waals surface area contributed by atoms with Crippen molar-refractivity contribution in [2.24, 2.45) is 0 Å². The Morgan fingerprint density at radius 2 is 1.77 bits per heavy atom. The average Bonchev–Trinajstić information content (AvgIpc) is 2.54. The normalized spacial score (nSPS) is 10.4. The molecule has 22 heavy (non-hydrogen) atoms. The lowest BCUT2D eigenvalue weighted by atomic mass is 10.1. The monoisotopic (exact) mass is 301 g/mol. The topological polar surface area (TPSA) is 33.0 Å². The van der Waals surface area contributed by atoms with Gasteiger partial charge in [-0.3, -0.25) is 4.79 Å². The fourth-order valence-electron chi connectivity index (χ4n) is 2.25. The maximum absolute atomic E-state index is 12.8. The van der Waals surface area contributed by atoms with E-state index in [2.05, 4.69) is 9.88 Å². The number of halogens is 1. The van der Waals surface area contributed by atoms with Crippen LogP contribution in [0.5, 0.6) is 0 Å². The molecule has 1 heterocycles. The predicted molar refractivity (Wildman–Crippen MR) is 83.6 cm³/mol. The van der Waals surface area contributed by atoms with Crippen molar-refractivity contribution in [3.05, 3.63) is 66.2 Å². The number of hydrogen-bond acceptors (Lipinski definition) is 1. The molecule has 116 valence electrons. The predicted octanol–water partition coefficient (Wildman–Crippen LogP) is 2.64. The minimum absolute atomic E-state index is 0.0835. The van der Waals surface area contributed by atoms with Crippen molar-refractivity contribution in [1.82, 2.24) is 5.32 Å². The van der Waals surface area contributed by atoms with Crippen LogP contribution in [0.15, 0.2) is 54.9 Å². The highest BCUT2D eigenvalue weighted by Crippen LogP contribution is 2.03. The maximum Gasteiger partial charge on any atom is 0.220 e. The largest absolute Gasteiger partial charge is 0.356 e. The second-order valence-corrected chi connectivity index (χ2v) is 5.30. The highest BCUT2D eigenvalue weighted by molar-refractivity contribution is 5.75. The van der Waals surface area contributed by atoms with E-state index in [0.29, 0.717) is 13.0 Å². The zero-order valence-corrected chi connectivity index (χ0v) is 12.7. The Morgan fingerprint density at radius 1 is 1.05 bits per heavy atom. The second kappa shape index (κ2) is 8.93. The van der Waals surface area contributed by atoms with Crippen molar-refractivity contribution in [3.63, 3.8) is 0 Å². The van der Waals surface area contributed by atoms with Crippen molar-refractivity contribution < 1.29 is 13.8 Å². The van der Waals surface area contributed by atoms with Crippen LogP contribution >= 0.6 is 0 Å². The maximum atomic E-state index is 12.8. The van der Waals surface area contributed by atoms with E-state index in [-0.39, 0.29) is 11.7 Å². The number of aryl methyl sites for hydroxylation is 1. The molecule has 0 aliphatic rings. The van der Waals surface area contributed by atoms with Crippen molar-refractivity contribution in [1.29, 1.82) is 0 Å². The molecule has 0 saturated heterocycles. The molecule has 0 aliphatic carbocycles. The Kier molecular flexibility index (Phi) is 6.55. The van der Waals surface area contributed by atoms with E-state index in [0.717, 1.165) is 31.4 Å². The molecule has 1 aromatic carbocycles. The molecule has 0 saturated carbocycles. The lowest BCUT2D eigenvalue weighted by Gasteiger charge is -2.05. The number of nitrogens with zero attached hydrogens (tertiary/aromatic N) is 1. The molecule has 2 rings (SSSR count). The van der Waals surface area contributed by atoms with E-state index in [1.165, 1.54) is 12.1 Å². The summed E-state index contributed by atoms with van der Waals surface area (Å²) in [6.07, 6.45) is 7.21. The number of carbonyl (C=O) groups is 1. The highest BCUT2D eigenvalue weighted by atomic mass is 19.1. The molecule has 1 N–H and O–H groups in total. The number of unbranched alkanes of at least 4 members (excludes halogenated alkanes) is 1. The second-order valence-electron chi connectivity index (χ2n) is 5.30. The lowest BCUT2D eigenvalue weighted by Crippen LogP contribution is -2.32. The summed E-state index contributed by atoms with van der Waals surface area (Å²) in [6.45, 7) is 1.53. The van der Waals surface area contributed by atoms with Gasteiger partial charge in [0, 0.05) is 31.5 Å². The van der Waals surface area contributed by atoms with Crippen molar-refractivity contribution in [2.45, 2.75) is 32.2 Å². The first kappa shape index (κ1) is 16.1. The quantitative estimate of drug-likeness (QED) is 0.590. The Labute approximate surface area is 130 Å². The Bertz CT molecular complexity index is 569. The van der Waals surface area contributed by atoms with Gasteiger partial charge in [-0.05, 0) is 30.5 Å². The van der Waals surface area contributed by atoms with Gasteiger partial charge in [-0.25, -0.2) is 8.96 Å². The van der Waals surface area contributed by atoms with E-state index in [1.807, 2.05) is 30.6 Å². The Balaban J connectivity index is 1.55. The zero-order valence-electron chi connectivity index (χ0n) is 12.7. The van der Waals surface area contributed by atoms with Gasteiger partial charge < -0.3 is 5.32 Å². The van der Waals surface area contributed by atoms with Gasteiger partial charge >= 0.3 is 0 Å². The van der Waals surface area contributed by atoms with Crippen LogP contribution in [0.1, 0.15) is 24.8 Å². The van der Waals surface area contributed by atoms with Gasteiger partial charge in [-0.2, -0.15) is 0 Å². The van der Waals surface area contributed by atoms with Crippen LogP contribution in [0.4, 0.5) is 4.39 Å². The fourth-order valence-corrected chi connectivity index (χ4v) is 2.25. The third-order valence-corrected chi connectivity index (χ3v) is 3.50. The molecule has 3 nitrogen and oxygen atoms in total. The summed E-state index contributed by atoms with van der Waals surface area (Å²) < 4.78 is 14.9. The molecule has 0 bridgehead atoms. The Morgan fingerprint density at radius 3 is 2.50 bits per heavy atom. The first-order chi connectivity index (χ1) is 10.7. The van der Waals surface area contributed by atoms with Crippen LogP contribution in [0.3, 0.4) is 0 Å². The number of pyridine rings is 1. The van der Waals surface area contributed by atoms with Gasteiger partial charge in [0.2, 0.25) is 5.91 Å². The molecule has 0 spiro atoms. The molecular weight excluding hydrogens is 279 g/mol. The summed E-state index contributed by atoms with van der Waals surface area (Å²) in [5, 5.41) is 2.90. The molecule has 0 radical (unpaired) electrons. The molecule has 1 amide bonds. The smallest absolute Gasteiger partial charge is 0.220 e. The number of amides is 1. The first-order valence-electron chi connectivity index (χ1n) is 7.69. The first-order valence-corrected chi connectivity index (χ1v) is 7.69. The van der Waals surface area contributed by atoms with Gasteiger partial charge in [-0.15, -0.1) is 0 Å². The minimum Gasteiger partial charge on any atom is -0.356 e. The number of benzene rings is 1. The zero-order chi connectivity index (χ0) is 15.6. The number of hydrogen-bond donors (Lipinski definition) is 1. The average molecular weight is 301 g/mol. The summed E-state index contributed by atoms with van der Waals surface area (Å²) >= 11 is 0. The molecular formula is C18H22FN2O+.